The van der Waals surface area contributed by atoms with Crippen molar-refractivity contribution in [2.45, 2.75) is 13.0 Å². The second kappa shape index (κ2) is 9.01. The van der Waals surface area contributed by atoms with Gasteiger partial charge in [0.15, 0.2) is 0 Å². The first-order valence-electron chi connectivity index (χ1n) is 10.3. The number of hydrogen-bond acceptors (Lipinski definition) is 4. The fourth-order valence-electron chi connectivity index (χ4n) is 3.96. The van der Waals surface area contributed by atoms with Crippen molar-refractivity contribution in [1.29, 1.82) is 0 Å². The van der Waals surface area contributed by atoms with E-state index in [0.717, 1.165) is 48.7 Å². The van der Waals surface area contributed by atoms with Gasteiger partial charge < -0.3 is 15.3 Å². The average Bonchev–Trinajstić information content (AvgIpc) is 2.77. The Balaban J connectivity index is 1.51. The molecule has 1 unspecified atom stereocenters. The van der Waals surface area contributed by atoms with Gasteiger partial charge in [-0.25, -0.2) is 0 Å². The Morgan fingerprint density at radius 2 is 1.50 bits per heavy atom. The molecule has 0 bridgehead atoms. The zero-order valence-electron chi connectivity index (χ0n) is 17.2. The number of hydrogen-bond donors (Lipinski definition) is 2. The first-order chi connectivity index (χ1) is 14.6. The zero-order chi connectivity index (χ0) is 20.9. The number of rotatable bonds is 5. The van der Waals surface area contributed by atoms with Crippen molar-refractivity contribution in [2.24, 2.45) is 0 Å². The summed E-state index contributed by atoms with van der Waals surface area (Å²) < 4.78 is 0. The molecular weight excluding hydrogens is 374 g/mol. The second-order valence-corrected chi connectivity index (χ2v) is 7.68. The number of phenolic OH excluding ortho intramolecular Hbond substituents is 1. The largest absolute Gasteiger partial charge is 0.506 e. The monoisotopic (exact) mass is 401 g/mol. The third-order valence-corrected chi connectivity index (χ3v) is 5.58. The number of amides is 1. The molecule has 0 aliphatic carbocycles. The number of carbonyl (C=O) groups excluding carboxylic acids is 1. The molecule has 2 N–H and O–H groups in total. The van der Waals surface area contributed by atoms with Gasteiger partial charge in [-0.3, -0.25) is 9.69 Å². The molecule has 1 saturated heterocycles. The topological polar surface area (TPSA) is 55.8 Å². The van der Waals surface area contributed by atoms with Crippen LogP contribution in [-0.4, -0.2) is 42.1 Å². The zero-order valence-corrected chi connectivity index (χ0v) is 17.2. The predicted molar refractivity (Wildman–Crippen MR) is 121 cm³/mol. The molecule has 0 aromatic heterocycles. The van der Waals surface area contributed by atoms with Gasteiger partial charge in [-0.05, 0) is 36.8 Å². The minimum Gasteiger partial charge on any atom is -0.506 e. The fraction of sp³-hybridized carbons (Fsp3) is 0.240. The fourth-order valence-corrected chi connectivity index (χ4v) is 3.96. The molecule has 30 heavy (non-hydrogen) atoms. The van der Waals surface area contributed by atoms with E-state index in [2.05, 4.69) is 15.1 Å². The number of phenols is 1. The van der Waals surface area contributed by atoms with Crippen LogP contribution in [0.3, 0.4) is 0 Å². The van der Waals surface area contributed by atoms with Crippen molar-refractivity contribution < 1.29 is 9.90 Å². The lowest BCUT2D eigenvalue weighted by molar-refractivity contribution is -0.121. The summed E-state index contributed by atoms with van der Waals surface area (Å²) in [6.07, 6.45) is 0. The molecule has 0 spiro atoms. The Labute approximate surface area is 177 Å². The van der Waals surface area contributed by atoms with Crippen LogP contribution in [-0.2, 0) is 4.79 Å². The highest BCUT2D eigenvalue weighted by molar-refractivity contribution is 5.95. The molecule has 1 heterocycles. The summed E-state index contributed by atoms with van der Waals surface area (Å²) in [5.41, 5.74) is 3.79. The van der Waals surface area contributed by atoms with Gasteiger partial charge in [0.1, 0.15) is 11.8 Å². The summed E-state index contributed by atoms with van der Waals surface area (Å²) in [6.45, 7) is 4.99. The van der Waals surface area contributed by atoms with E-state index in [-0.39, 0.29) is 11.9 Å². The number of nitrogens with one attached hydrogen (secondary N) is 1. The highest BCUT2D eigenvalue weighted by Crippen LogP contribution is 2.30. The molecule has 5 nitrogen and oxygen atoms in total. The Morgan fingerprint density at radius 3 is 2.17 bits per heavy atom. The molecule has 0 radical (unpaired) electrons. The molecule has 1 fully saturated rings. The van der Waals surface area contributed by atoms with Crippen LogP contribution < -0.4 is 10.2 Å². The third kappa shape index (κ3) is 4.47. The average molecular weight is 402 g/mol. The number of aryl methyl sites for hydroxylation is 1. The highest BCUT2D eigenvalue weighted by atomic mass is 16.3. The van der Waals surface area contributed by atoms with Gasteiger partial charge in [0, 0.05) is 31.9 Å². The molecule has 3 aromatic carbocycles. The van der Waals surface area contributed by atoms with Crippen LogP contribution in [0, 0.1) is 6.92 Å². The molecule has 154 valence electrons. The summed E-state index contributed by atoms with van der Waals surface area (Å²) in [5.74, 6) is 0.267. The van der Waals surface area contributed by atoms with Gasteiger partial charge in [-0.1, -0.05) is 60.2 Å². The minimum absolute atomic E-state index is 0.0268. The number of aromatic hydroxyl groups is 1. The lowest BCUT2D eigenvalue weighted by Gasteiger charge is -2.39. The molecule has 1 aliphatic heterocycles. The third-order valence-electron chi connectivity index (χ3n) is 5.58. The number of carbonyl (C=O) groups is 1. The van der Waals surface area contributed by atoms with E-state index >= 15 is 0 Å². The maximum atomic E-state index is 13.3. The lowest BCUT2D eigenvalue weighted by atomic mass is 10.0. The van der Waals surface area contributed by atoms with Crippen molar-refractivity contribution in [3.8, 4) is 5.75 Å². The molecule has 0 saturated carbocycles. The SMILES string of the molecule is Cc1ccc(NC(=O)C(c2ccccc2)N2CCN(c3ccccc3O)CC2)cc1. The summed E-state index contributed by atoms with van der Waals surface area (Å²) in [6, 6.07) is 24.8. The van der Waals surface area contributed by atoms with Crippen LogP contribution in [0.15, 0.2) is 78.9 Å². The molecule has 1 atom stereocenters. The van der Waals surface area contributed by atoms with Crippen LogP contribution in [0.1, 0.15) is 17.2 Å². The van der Waals surface area contributed by atoms with E-state index in [1.54, 1.807) is 6.07 Å². The van der Waals surface area contributed by atoms with Crippen molar-refractivity contribution in [2.75, 3.05) is 36.4 Å². The molecule has 1 amide bonds. The molecule has 3 aromatic rings. The van der Waals surface area contributed by atoms with Crippen LogP contribution in [0.4, 0.5) is 11.4 Å². The lowest BCUT2D eigenvalue weighted by Crippen LogP contribution is -2.50. The molecule has 1 aliphatic rings. The van der Waals surface area contributed by atoms with Crippen molar-refractivity contribution in [3.63, 3.8) is 0 Å². The van der Waals surface area contributed by atoms with Crippen LogP contribution in [0.5, 0.6) is 5.75 Å². The van der Waals surface area contributed by atoms with Gasteiger partial charge in [0.05, 0.1) is 5.69 Å². The maximum absolute atomic E-state index is 13.3. The standard InChI is InChI=1S/C25H27N3O2/c1-19-11-13-21(14-12-19)26-25(30)24(20-7-3-2-4-8-20)28-17-15-27(16-18-28)22-9-5-6-10-23(22)29/h2-14,24,29H,15-18H2,1H3,(H,26,30). The normalized spacial score (nSPS) is 15.6. The van der Waals surface area contributed by atoms with E-state index < -0.39 is 0 Å². The highest BCUT2D eigenvalue weighted by Gasteiger charge is 2.31. The molecular formula is C25H27N3O2. The maximum Gasteiger partial charge on any atom is 0.246 e. The van der Waals surface area contributed by atoms with Crippen LogP contribution in [0.2, 0.25) is 0 Å². The van der Waals surface area contributed by atoms with E-state index in [0.29, 0.717) is 5.75 Å². The van der Waals surface area contributed by atoms with Crippen molar-refractivity contribution >= 4 is 17.3 Å². The van der Waals surface area contributed by atoms with Crippen LogP contribution >= 0.6 is 0 Å². The first-order valence-corrected chi connectivity index (χ1v) is 10.3. The van der Waals surface area contributed by atoms with E-state index in [4.69, 9.17) is 0 Å². The smallest absolute Gasteiger partial charge is 0.246 e. The Bertz CT molecular complexity index is 981. The van der Waals surface area contributed by atoms with Crippen LogP contribution in [0.25, 0.3) is 0 Å². The Hall–Kier alpha value is -3.31. The number of para-hydroxylation sites is 2. The van der Waals surface area contributed by atoms with E-state index in [1.165, 1.54) is 0 Å². The quantitative estimate of drug-likeness (QED) is 0.673. The van der Waals surface area contributed by atoms with Gasteiger partial charge >= 0.3 is 0 Å². The first kappa shape index (κ1) is 20.0. The number of anilines is 2. The molecule has 5 heteroatoms. The number of nitrogens with zero attached hydrogens (tertiary/aromatic N) is 2. The van der Waals surface area contributed by atoms with E-state index in [9.17, 15) is 9.90 Å². The summed E-state index contributed by atoms with van der Waals surface area (Å²) in [7, 11) is 0. The van der Waals surface area contributed by atoms with Gasteiger partial charge in [-0.2, -0.15) is 0 Å². The Kier molecular flexibility index (Phi) is 6.00. The molecule has 4 rings (SSSR count). The summed E-state index contributed by atoms with van der Waals surface area (Å²) >= 11 is 0. The summed E-state index contributed by atoms with van der Waals surface area (Å²) in [5, 5.41) is 13.3. The Morgan fingerprint density at radius 1 is 0.867 bits per heavy atom. The van der Waals surface area contributed by atoms with Gasteiger partial charge in [-0.15, -0.1) is 0 Å². The van der Waals surface area contributed by atoms with Crippen molar-refractivity contribution in [3.05, 3.63) is 90.0 Å². The van der Waals surface area contributed by atoms with E-state index in [1.807, 2.05) is 79.7 Å². The minimum atomic E-state index is -0.362. The van der Waals surface area contributed by atoms with Gasteiger partial charge in [0.25, 0.3) is 0 Å². The van der Waals surface area contributed by atoms with Crippen molar-refractivity contribution in [1.82, 2.24) is 4.90 Å². The second-order valence-electron chi connectivity index (χ2n) is 7.68. The van der Waals surface area contributed by atoms with Gasteiger partial charge in [0.2, 0.25) is 5.91 Å². The predicted octanol–water partition coefficient (Wildman–Crippen LogP) is 4.20. The number of piperazine rings is 1. The summed E-state index contributed by atoms with van der Waals surface area (Å²) in [4.78, 5) is 17.7. The number of benzene rings is 3.